The second-order valence-corrected chi connectivity index (χ2v) is 6.17. The van der Waals surface area contributed by atoms with Gasteiger partial charge in [0.05, 0.1) is 11.4 Å². The molecule has 0 aromatic carbocycles. The number of anilines is 1. The molecule has 1 rings (SSSR count). The maximum Gasteiger partial charge on any atom is 0.276 e. The molecule has 5 nitrogen and oxygen atoms in total. The third-order valence-electron chi connectivity index (χ3n) is 3.74. The highest BCUT2D eigenvalue weighted by Crippen LogP contribution is 2.25. The van der Waals surface area contributed by atoms with Gasteiger partial charge in [-0.1, -0.05) is 34.1 Å². The lowest BCUT2D eigenvalue weighted by molar-refractivity contribution is 0.0624. The average molecular weight is 266 g/mol. The molecular formula is C14H26N4O. The van der Waals surface area contributed by atoms with Crippen molar-refractivity contribution in [2.24, 2.45) is 5.41 Å². The molecule has 1 aromatic heterocycles. The normalized spacial score (nSPS) is 13.4. The van der Waals surface area contributed by atoms with Crippen LogP contribution in [0.15, 0.2) is 0 Å². The van der Waals surface area contributed by atoms with Crippen LogP contribution in [0.25, 0.3) is 0 Å². The first-order chi connectivity index (χ1) is 8.70. The first-order valence-corrected chi connectivity index (χ1v) is 6.80. The molecule has 19 heavy (non-hydrogen) atoms. The number of nitrogens with two attached hydrogens (primary N) is 1. The number of carbonyl (C=O) groups excluding carboxylic acids is 1. The SMILES string of the molecule is CCCc1[nH]nc(C(=O)N(C)C(C)C(C)(C)C)c1N. The van der Waals surface area contributed by atoms with E-state index in [-0.39, 0.29) is 17.4 Å². The van der Waals surface area contributed by atoms with Gasteiger partial charge in [0.15, 0.2) is 5.69 Å². The van der Waals surface area contributed by atoms with Crippen LogP contribution in [0, 0.1) is 5.41 Å². The van der Waals surface area contributed by atoms with Gasteiger partial charge < -0.3 is 10.6 Å². The van der Waals surface area contributed by atoms with Crippen molar-refractivity contribution in [2.45, 2.75) is 53.5 Å². The van der Waals surface area contributed by atoms with Crippen LogP contribution in [0.3, 0.4) is 0 Å². The van der Waals surface area contributed by atoms with Crippen LogP contribution in [0.1, 0.15) is 57.2 Å². The lowest BCUT2D eigenvalue weighted by atomic mass is 9.87. The van der Waals surface area contributed by atoms with Gasteiger partial charge in [0.1, 0.15) is 0 Å². The number of nitrogens with one attached hydrogen (secondary N) is 1. The van der Waals surface area contributed by atoms with Crippen molar-refractivity contribution in [1.82, 2.24) is 15.1 Å². The predicted molar refractivity (Wildman–Crippen MR) is 78.0 cm³/mol. The van der Waals surface area contributed by atoms with Crippen LogP contribution in [-0.2, 0) is 6.42 Å². The Balaban J connectivity index is 2.95. The van der Waals surface area contributed by atoms with Crippen LogP contribution in [-0.4, -0.2) is 34.1 Å². The highest BCUT2D eigenvalue weighted by Gasteiger charge is 2.30. The summed E-state index contributed by atoms with van der Waals surface area (Å²) in [6, 6.07) is 0.103. The van der Waals surface area contributed by atoms with Crippen LogP contribution >= 0.6 is 0 Å². The van der Waals surface area contributed by atoms with Crippen molar-refractivity contribution in [3.05, 3.63) is 11.4 Å². The van der Waals surface area contributed by atoms with Crippen LogP contribution in [0.2, 0.25) is 0 Å². The Hall–Kier alpha value is -1.52. The van der Waals surface area contributed by atoms with Crippen molar-refractivity contribution in [1.29, 1.82) is 0 Å². The number of rotatable bonds is 4. The van der Waals surface area contributed by atoms with Gasteiger partial charge >= 0.3 is 0 Å². The molecule has 3 N–H and O–H groups in total. The van der Waals surface area contributed by atoms with Gasteiger partial charge in [-0.3, -0.25) is 9.89 Å². The number of hydrogen-bond acceptors (Lipinski definition) is 3. The molecule has 1 unspecified atom stereocenters. The average Bonchev–Trinajstić information content (AvgIpc) is 2.68. The monoisotopic (exact) mass is 266 g/mol. The smallest absolute Gasteiger partial charge is 0.276 e. The molecule has 0 saturated carbocycles. The highest BCUT2D eigenvalue weighted by atomic mass is 16.2. The number of nitrogens with zero attached hydrogens (tertiary/aromatic N) is 2. The fourth-order valence-corrected chi connectivity index (χ4v) is 1.91. The quantitative estimate of drug-likeness (QED) is 0.879. The summed E-state index contributed by atoms with van der Waals surface area (Å²) in [5.41, 5.74) is 7.68. The van der Waals surface area contributed by atoms with Gasteiger partial charge in [0, 0.05) is 13.1 Å². The molecule has 0 saturated heterocycles. The number of carbonyl (C=O) groups is 1. The fraction of sp³-hybridized carbons (Fsp3) is 0.714. The van der Waals surface area contributed by atoms with Gasteiger partial charge in [-0.25, -0.2) is 0 Å². The Morgan fingerprint density at radius 2 is 2.05 bits per heavy atom. The van der Waals surface area contributed by atoms with Gasteiger partial charge in [-0.2, -0.15) is 5.10 Å². The molecule has 0 aliphatic rings. The summed E-state index contributed by atoms with van der Waals surface area (Å²) < 4.78 is 0. The fourth-order valence-electron chi connectivity index (χ4n) is 1.91. The van der Waals surface area contributed by atoms with Crippen LogP contribution in [0.5, 0.6) is 0 Å². The molecule has 0 aliphatic heterocycles. The van der Waals surface area contributed by atoms with Crippen molar-refractivity contribution >= 4 is 11.6 Å². The van der Waals surface area contributed by atoms with Crippen LogP contribution < -0.4 is 5.73 Å². The minimum Gasteiger partial charge on any atom is -0.395 e. The Morgan fingerprint density at radius 3 is 2.53 bits per heavy atom. The van der Waals surface area contributed by atoms with E-state index < -0.39 is 0 Å². The zero-order valence-corrected chi connectivity index (χ0v) is 12.9. The lowest BCUT2D eigenvalue weighted by Gasteiger charge is -2.35. The van der Waals surface area contributed by atoms with E-state index in [1.54, 1.807) is 11.9 Å². The topological polar surface area (TPSA) is 75.0 Å². The minimum atomic E-state index is -0.126. The summed E-state index contributed by atoms with van der Waals surface area (Å²) >= 11 is 0. The van der Waals surface area contributed by atoms with Crippen molar-refractivity contribution in [2.75, 3.05) is 12.8 Å². The van der Waals surface area contributed by atoms with E-state index in [1.807, 2.05) is 6.92 Å². The lowest BCUT2D eigenvalue weighted by Crippen LogP contribution is -2.43. The molecule has 1 atom stereocenters. The maximum absolute atomic E-state index is 12.4. The van der Waals surface area contributed by atoms with Crippen molar-refractivity contribution in [3.8, 4) is 0 Å². The standard InChI is InChI=1S/C14H26N4O/c1-7-8-10-11(15)12(17-16-10)13(19)18(6)9(2)14(3,4)5/h9H,7-8,15H2,1-6H3,(H,16,17). The Morgan fingerprint density at radius 1 is 1.47 bits per heavy atom. The number of nitrogen functional groups attached to an aromatic ring is 1. The Labute approximate surface area is 115 Å². The van der Waals surface area contributed by atoms with E-state index in [9.17, 15) is 4.79 Å². The third kappa shape index (κ3) is 3.28. The second kappa shape index (κ2) is 5.63. The molecule has 0 fully saturated rings. The molecule has 5 heteroatoms. The van der Waals surface area contributed by atoms with Gasteiger partial charge in [-0.05, 0) is 18.8 Å². The van der Waals surface area contributed by atoms with E-state index in [0.717, 1.165) is 18.5 Å². The van der Waals surface area contributed by atoms with Gasteiger partial charge in [0.25, 0.3) is 5.91 Å². The molecule has 0 aliphatic carbocycles. The molecular weight excluding hydrogens is 240 g/mol. The van der Waals surface area contributed by atoms with Crippen molar-refractivity contribution < 1.29 is 4.79 Å². The first-order valence-electron chi connectivity index (χ1n) is 6.80. The first kappa shape index (κ1) is 15.5. The molecule has 0 spiro atoms. The number of amides is 1. The number of aromatic nitrogens is 2. The summed E-state index contributed by atoms with van der Waals surface area (Å²) in [6.07, 6.45) is 1.78. The van der Waals surface area contributed by atoms with E-state index in [1.165, 1.54) is 0 Å². The van der Waals surface area contributed by atoms with Gasteiger partial charge in [0.2, 0.25) is 0 Å². The maximum atomic E-state index is 12.4. The van der Waals surface area contributed by atoms with Gasteiger partial charge in [-0.15, -0.1) is 0 Å². The predicted octanol–water partition coefficient (Wildman–Crippen LogP) is 2.45. The van der Waals surface area contributed by atoms with Crippen molar-refractivity contribution in [3.63, 3.8) is 0 Å². The molecule has 1 amide bonds. The molecule has 0 radical (unpaired) electrons. The summed E-state index contributed by atoms with van der Waals surface area (Å²) in [5.74, 6) is -0.126. The number of H-pyrrole nitrogens is 1. The summed E-state index contributed by atoms with van der Waals surface area (Å²) in [7, 11) is 1.80. The summed E-state index contributed by atoms with van der Waals surface area (Å²) in [6.45, 7) is 10.4. The largest absolute Gasteiger partial charge is 0.395 e. The van der Waals surface area contributed by atoms with Crippen LogP contribution in [0.4, 0.5) is 5.69 Å². The molecule has 1 aromatic rings. The second-order valence-electron chi connectivity index (χ2n) is 6.17. The zero-order valence-electron chi connectivity index (χ0n) is 12.9. The highest BCUT2D eigenvalue weighted by molar-refractivity contribution is 5.97. The zero-order chi connectivity index (χ0) is 14.8. The Kier molecular flexibility index (Phi) is 4.61. The van der Waals surface area contributed by atoms with E-state index in [4.69, 9.17) is 5.73 Å². The molecule has 108 valence electrons. The number of aromatic amines is 1. The van der Waals surface area contributed by atoms with E-state index in [2.05, 4.69) is 37.9 Å². The summed E-state index contributed by atoms with van der Waals surface area (Å²) in [5, 5.41) is 6.94. The Bertz CT molecular complexity index is 445. The number of hydrogen-bond donors (Lipinski definition) is 2. The third-order valence-corrected chi connectivity index (χ3v) is 3.74. The molecule has 1 heterocycles. The van der Waals surface area contributed by atoms with E-state index >= 15 is 0 Å². The minimum absolute atomic E-state index is 0.0156. The molecule has 0 bridgehead atoms. The number of aryl methyl sites for hydroxylation is 1. The summed E-state index contributed by atoms with van der Waals surface area (Å²) in [4.78, 5) is 14.1. The van der Waals surface area contributed by atoms with E-state index in [0.29, 0.717) is 11.4 Å².